The molecule has 0 radical (unpaired) electrons. The first kappa shape index (κ1) is 13.2. The highest BCUT2D eigenvalue weighted by atomic mass is 35.5. The van der Waals surface area contributed by atoms with Gasteiger partial charge in [-0.2, -0.15) is 0 Å². The van der Waals surface area contributed by atoms with Crippen molar-refractivity contribution in [3.8, 4) is 11.5 Å². The summed E-state index contributed by atoms with van der Waals surface area (Å²) in [5.41, 5.74) is 1.69. The Kier molecular flexibility index (Phi) is 4.10. The maximum atomic E-state index is 13.1. The molecule has 0 heterocycles. The Labute approximate surface area is 115 Å². The topological polar surface area (TPSA) is 9.23 Å². The molecule has 1 nitrogen and oxygen atoms in total. The zero-order chi connectivity index (χ0) is 13.1. The van der Waals surface area contributed by atoms with Gasteiger partial charge < -0.3 is 4.74 Å². The molecule has 0 fully saturated rings. The summed E-state index contributed by atoms with van der Waals surface area (Å²) in [6.07, 6.45) is 0. The largest absolute Gasteiger partial charge is 0.457 e. The maximum Gasteiger partial charge on any atom is 0.133 e. The van der Waals surface area contributed by atoms with E-state index in [1.807, 2.05) is 6.92 Å². The predicted molar refractivity (Wildman–Crippen MR) is 72.2 cm³/mol. The van der Waals surface area contributed by atoms with Crippen molar-refractivity contribution in [3.05, 3.63) is 58.4 Å². The van der Waals surface area contributed by atoms with Gasteiger partial charge >= 0.3 is 0 Å². The summed E-state index contributed by atoms with van der Waals surface area (Å²) in [4.78, 5) is 0. The van der Waals surface area contributed by atoms with Gasteiger partial charge in [-0.05, 0) is 36.2 Å². The number of hydrogen-bond donors (Lipinski definition) is 0. The summed E-state index contributed by atoms with van der Waals surface area (Å²) < 4.78 is 18.7. The van der Waals surface area contributed by atoms with Crippen molar-refractivity contribution in [2.24, 2.45) is 0 Å². The third kappa shape index (κ3) is 2.95. The molecule has 2 rings (SSSR count). The van der Waals surface area contributed by atoms with Crippen LogP contribution in [0.3, 0.4) is 0 Å². The van der Waals surface area contributed by atoms with E-state index in [9.17, 15) is 4.39 Å². The fourth-order valence-corrected chi connectivity index (χ4v) is 2.05. The monoisotopic (exact) mass is 284 g/mol. The average molecular weight is 285 g/mol. The van der Waals surface area contributed by atoms with Crippen molar-refractivity contribution in [2.45, 2.75) is 12.8 Å². The van der Waals surface area contributed by atoms with E-state index in [2.05, 4.69) is 0 Å². The molecule has 18 heavy (non-hydrogen) atoms. The predicted octanol–water partition coefficient (Wildman–Crippen LogP) is 5.32. The van der Waals surface area contributed by atoms with Gasteiger partial charge in [0.25, 0.3) is 0 Å². The van der Waals surface area contributed by atoms with Crippen LogP contribution in [0.2, 0.25) is 5.02 Å². The quantitative estimate of drug-likeness (QED) is 0.693. The molecular formula is C14H11Cl2FO. The molecule has 0 saturated carbocycles. The molecule has 0 amide bonds. The lowest BCUT2D eigenvalue weighted by Crippen LogP contribution is -1.90. The minimum absolute atomic E-state index is 0.334. The van der Waals surface area contributed by atoms with E-state index in [1.54, 1.807) is 24.3 Å². The van der Waals surface area contributed by atoms with Crippen LogP contribution in [0.25, 0.3) is 0 Å². The van der Waals surface area contributed by atoms with Gasteiger partial charge in [-0.25, -0.2) is 4.39 Å². The van der Waals surface area contributed by atoms with Gasteiger partial charge in [-0.15, -0.1) is 11.6 Å². The van der Waals surface area contributed by atoms with E-state index in [4.69, 9.17) is 27.9 Å². The Balaban J connectivity index is 2.28. The second kappa shape index (κ2) is 5.59. The summed E-state index contributed by atoms with van der Waals surface area (Å²) in [6, 6.07) is 9.63. The third-order valence-electron chi connectivity index (χ3n) is 2.55. The molecule has 0 bridgehead atoms. The zero-order valence-electron chi connectivity index (χ0n) is 9.71. The third-order valence-corrected chi connectivity index (χ3v) is 3.19. The maximum absolute atomic E-state index is 13.1. The molecule has 0 aliphatic carbocycles. The number of aryl methyl sites for hydroxylation is 1. The van der Waals surface area contributed by atoms with Crippen molar-refractivity contribution < 1.29 is 9.13 Å². The van der Waals surface area contributed by atoms with Crippen molar-refractivity contribution in [1.29, 1.82) is 0 Å². The van der Waals surface area contributed by atoms with Crippen molar-refractivity contribution in [2.75, 3.05) is 0 Å². The Morgan fingerprint density at radius 1 is 1.17 bits per heavy atom. The smallest absolute Gasteiger partial charge is 0.133 e. The van der Waals surface area contributed by atoms with Gasteiger partial charge in [0, 0.05) is 17.0 Å². The first-order valence-electron chi connectivity index (χ1n) is 5.38. The number of rotatable bonds is 3. The van der Waals surface area contributed by atoms with Gasteiger partial charge in [-0.3, -0.25) is 0 Å². The number of ether oxygens (including phenoxy) is 1. The zero-order valence-corrected chi connectivity index (χ0v) is 11.2. The van der Waals surface area contributed by atoms with Crippen molar-refractivity contribution >= 4 is 23.2 Å². The number of alkyl halides is 1. The number of hydrogen-bond acceptors (Lipinski definition) is 1. The number of benzene rings is 2. The van der Waals surface area contributed by atoms with Crippen LogP contribution in [-0.2, 0) is 5.88 Å². The van der Waals surface area contributed by atoms with E-state index >= 15 is 0 Å². The van der Waals surface area contributed by atoms with Crippen molar-refractivity contribution in [3.63, 3.8) is 0 Å². The Bertz CT molecular complexity index is 570. The Morgan fingerprint density at radius 2 is 1.94 bits per heavy atom. The van der Waals surface area contributed by atoms with Gasteiger partial charge in [0.05, 0.1) is 0 Å². The summed E-state index contributed by atoms with van der Waals surface area (Å²) in [5, 5.41) is 0.538. The highest BCUT2D eigenvalue weighted by molar-refractivity contribution is 6.32. The van der Waals surface area contributed by atoms with E-state index in [-0.39, 0.29) is 5.82 Å². The van der Waals surface area contributed by atoms with Crippen LogP contribution >= 0.6 is 23.2 Å². The number of halogens is 3. The summed E-state index contributed by atoms with van der Waals surface area (Å²) >= 11 is 11.7. The Morgan fingerprint density at radius 3 is 2.61 bits per heavy atom. The fraction of sp³-hybridized carbons (Fsp3) is 0.143. The van der Waals surface area contributed by atoms with Crippen LogP contribution in [0.1, 0.15) is 11.1 Å². The molecule has 0 N–H and O–H groups in total. The molecule has 2 aromatic carbocycles. The first-order valence-corrected chi connectivity index (χ1v) is 6.30. The first-order chi connectivity index (χ1) is 8.60. The lowest BCUT2D eigenvalue weighted by molar-refractivity contribution is 0.473. The standard InChI is InChI=1S/C14H11Cl2FO/c1-9-2-4-11(17)6-14(9)18-12-5-3-10(8-15)13(16)7-12/h2-7H,8H2,1H3. The molecule has 0 aliphatic heterocycles. The molecule has 0 saturated heterocycles. The molecule has 0 aliphatic rings. The molecule has 0 aromatic heterocycles. The van der Waals surface area contributed by atoms with E-state index in [0.29, 0.717) is 22.4 Å². The van der Waals surface area contributed by atoms with E-state index in [0.717, 1.165) is 11.1 Å². The normalized spacial score (nSPS) is 10.4. The molecule has 0 spiro atoms. The van der Waals surface area contributed by atoms with Gasteiger partial charge in [0.15, 0.2) is 0 Å². The molecule has 94 valence electrons. The van der Waals surface area contributed by atoms with Crippen LogP contribution in [0, 0.1) is 12.7 Å². The van der Waals surface area contributed by atoms with Gasteiger partial charge in [0.2, 0.25) is 0 Å². The lowest BCUT2D eigenvalue weighted by atomic mass is 10.2. The summed E-state index contributed by atoms with van der Waals surface area (Å²) in [7, 11) is 0. The average Bonchev–Trinajstić information content (AvgIpc) is 2.34. The highest BCUT2D eigenvalue weighted by Gasteiger charge is 2.06. The highest BCUT2D eigenvalue weighted by Crippen LogP contribution is 2.29. The minimum atomic E-state index is -0.334. The minimum Gasteiger partial charge on any atom is -0.457 e. The SMILES string of the molecule is Cc1ccc(F)cc1Oc1ccc(CCl)c(Cl)c1. The molecule has 0 unspecified atom stereocenters. The lowest BCUT2D eigenvalue weighted by Gasteiger charge is -2.10. The van der Waals surface area contributed by atoms with Gasteiger partial charge in [0.1, 0.15) is 17.3 Å². The molecular weight excluding hydrogens is 274 g/mol. The molecule has 2 aromatic rings. The fourth-order valence-electron chi connectivity index (χ4n) is 1.51. The second-order valence-corrected chi connectivity index (χ2v) is 4.57. The van der Waals surface area contributed by atoms with Gasteiger partial charge in [-0.1, -0.05) is 23.7 Å². The Hall–Kier alpha value is -1.25. The van der Waals surface area contributed by atoms with Crippen LogP contribution in [-0.4, -0.2) is 0 Å². The molecule has 0 atom stereocenters. The summed E-state index contributed by atoms with van der Waals surface area (Å²) in [5.74, 6) is 1.05. The van der Waals surface area contributed by atoms with Crippen LogP contribution in [0.15, 0.2) is 36.4 Å². The van der Waals surface area contributed by atoms with Crippen molar-refractivity contribution in [1.82, 2.24) is 0 Å². The van der Waals surface area contributed by atoms with Crippen LogP contribution in [0.5, 0.6) is 11.5 Å². The molecule has 4 heteroatoms. The van der Waals surface area contributed by atoms with E-state index < -0.39 is 0 Å². The summed E-state index contributed by atoms with van der Waals surface area (Å²) in [6.45, 7) is 1.85. The van der Waals surface area contributed by atoms with E-state index in [1.165, 1.54) is 12.1 Å². The van der Waals surface area contributed by atoms with Crippen LogP contribution < -0.4 is 4.74 Å². The van der Waals surface area contributed by atoms with Crippen LogP contribution in [0.4, 0.5) is 4.39 Å². The second-order valence-electron chi connectivity index (χ2n) is 3.90.